The highest BCUT2D eigenvalue weighted by atomic mass is 19.4. The topological polar surface area (TPSA) is 58.3 Å². The van der Waals surface area contributed by atoms with Crippen molar-refractivity contribution in [2.24, 2.45) is 0 Å². The number of rotatable bonds is 2. The van der Waals surface area contributed by atoms with E-state index in [0.717, 1.165) is 17.8 Å². The van der Waals surface area contributed by atoms with Gasteiger partial charge in [-0.25, -0.2) is 9.61 Å². The molecule has 2 aromatic heterocycles. The first-order valence-corrected chi connectivity index (χ1v) is 7.77. The molecule has 130 valence electrons. The average Bonchev–Trinajstić information content (AvgIpc) is 3.10. The molecule has 1 aromatic carbocycles. The SMILES string of the molecule is FC(F)(F)c1ccnc(N2CCN(c3cccc4nonc34)CC2)c1. The molecule has 1 aliphatic heterocycles. The zero-order chi connectivity index (χ0) is 17.4. The fraction of sp³-hybridized carbons (Fsp3) is 0.312. The Morgan fingerprint density at radius 2 is 1.72 bits per heavy atom. The summed E-state index contributed by atoms with van der Waals surface area (Å²) in [5.41, 5.74) is 1.60. The number of benzene rings is 1. The van der Waals surface area contributed by atoms with E-state index in [4.69, 9.17) is 4.63 Å². The molecule has 0 aliphatic carbocycles. The predicted molar refractivity (Wildman–Crippen MR) is 85.5 cm³/mol. The Morgan fingerprint density at radius 1 is 0.960 bits per heavy atom. The van der Waals surface area contributed by atoms with Gasteiger partial charge in [0.2, 0.25) is 0 Å². The second kappa shape index (κ2) is 5.91. The lowest BCUT2D eigenvalue weighted by molar-refractivity contribution is -0.137. The van der Waals surface area contributed by atoms with E-state index >= 15 is 0 Å². The molecular formula is C16H14F3N5O. The van der Waals surface area contributed by atoms with Gasteiger partial charge >= 0.3 is 6.18 Å². The van der Waals surface area contributed by atoms with Crippen LogP contribution in [0.5, 0.6) is 0 Å². The van der Waals surface area contributed by atoms with Crippen molar-refractivity contribution < 1.29 is 17.8 Å². The summed E-state index contributed by atoms with van der Waals surface area (Å²) in [6.07, 6.45) is -3.17. The molecular weight excluding hydrogens is 335 g/mol. The monoisotopic (exact) mass is 349 g/mol. The Kier molecular flexibility index (Phi) is 3.70. The largest absolute Gasteiger partial charge is 0.416 e. The Hall–Kier alpha value is -2.84. The number of piperazine rings is 1. The highest BCUT2D eigenvalue weighted by Gasteiger charge is 2.31. The third-order valence-electron chi connectivity index (χ3n) is 4.28. The molecule has 0 N–H and O–H groups in total. The molecule has 0 radical (unpaired) electrons. The van der Waals surface area contributed by atoms with Gasteiger partial charge in [-0.1, -0.05) is 6.07 Å². The molecule has 1 fully saturated rings. The Morgan fingerprint density at radius 3 is 2.48 bits per heavy atom. The van der Waals surface area contributed by atoms with E-state index in [1.54, 1.807) is 0 Å². The van der Waals surface area contributed by atoms with Crippen LogP contribution in [0.1, 0.15) is 5.56 Å². The number of hydrogen-bond donors (Lipinski definition) is 0. The highest BCUT2D eigenvalue weighted by molar-refractivity contribution is 5.87. The normalized spacial score (nSPS) is 15.8. The standard InChI is InChI=1S/C16H14F3N5O/c17-16(18,19)11-4-5-20-14(10-11)24-8-6-23(7-9-24)13-3-1-2-12-15(13)22-25-21-12/h1-5,10H,6-9H2. The summed E-state index contributed by atoms with van der Waals surface area (Å²) < 4.78 is 43.4. The van der Waals surface area contributed by atoms with Crippen LogP contribution >= 0.6 is 0 Å². The molecule has 25 heavy (non-hydrogen) atoms. The maximum absolute atomic E-state index is 12.9. The molecule has 9 heteroatoms. The molecule has 0 bridgehead atoms. The van der Waals surface area contributed by atoms with Gasteiger partial charge < -0.3 is 9.80 Å². The highest BCUT2D eigenvalue weighted by Crippen LogP contribution is 2.31. The van der Waals surface area contributed by atoms with Crippen LogP contribution in [0.2, 0.25) is 0 Å². The minimum absolute atomic E-state index is 0.343. The van der Waals surface area contributed by atoms with Gasteiger partial charge in [-0.2, -0.15) is 13.2 Å². The molecule has 3 aromatic rings. The molecule has 0 spiro atoms. The molecule has 0 saturated carbocycles. The van der Waals surface area contributed by atoms with Crippen molar-refractivity contribution in [3.63, 3.8) is 0 Å². The molecule has 4 rings (SSSR count). The summed E-state index contributed by atoms with van der Waals surface area (Å²) in [7, 11) is 0. The summed E-state index contributed by atoms with van der Waals surface area (Å²) in [5, 5.41) is 7.76. The Labute approximate surface area is 140 Å². The van der Waals surface area contributed by atoms with Crippen LogP contribution in [0, 0.1) is 0 Å². The van der Waals surface area contributed by atoms with Gasteiger partial charge in [0.15, 0.2) is 5.52 Å². The molecule has 0 amide bonds. The predicted octanol–water partition coefficient (Wildman–Crippen LogP) is 2.96. The van der Waals surface area contributed by atoms with Crippen molar-refractivity contribution in [3.8, 4) is 0 Å². The minimum Gasteiger partial charge on any atom is -0.366 e. The first-order chi connectivity index (χ1) is 12.0. The summed E-state index contributed by atoms with van der Waals surface area (Å²) >= 11 is 0. The molecule has 1 aliphatic rings. The van der Waals surface area contributed by atoms with Crippen LogP contribution in [0.25, 0.3) is 11.0 Å². The van der Waals surface area contributed by atoms with E-state index in [1.807, 2.05) is 23.1 Å². The van der Waals surface area contributed by atoms with E-state index < -0.39 is 11.7 Å². The van der Waals surface area contributed by atoms with E-state index in [9.17, 15) is 13.2 Å². The van der Waals surface area contributed by atoms with Gasteiger partial charge in [0.25, 0.3) is 0 Å². The quantitative estimate of drug-likeness (QED) is 0.709. The summed E-state index contributed by atoms with van der Waals surface area (Å²) in [4.78, 5) is 8.06. The number of alkyl halides is 3. The lowest BCUT2D eigenvalue weighted by Gasteiger charge is -2.36. The van der Waals surface area contributed by atoms with Crippen molar-refractivity contribution in [1.29, 1.82) is 0 Å². The van der Waals surface area contributed by atoms with E-state index in [0.29, 0.717) is 43.0 Å². The molecule has 1 saturated heterocycles. The lowest BCUT2D eigenvalue weighted by atomic mass is 10.2. The van der Waals surface area contributed by atoms with Crippen molar-refractivity contribution in [1.82, 2.24) is 15.3 Å². The van der Waals surface area contributed by atoms with Gasteiger partial charge in [0, 0.05) is 32.4 Å². The van der Waals surface area contributed by atoms with E-state index in [2.05, 4.69) is 20.2 Å². The number of hydrogen-bond acceptors (Lipinski definition) is 6. The van der Waals surface area contributed by atoms with Gasteiger partial charge in [-0.05, 0) is 34.6 Å². The molecule has 6 nitrogen and oxygen atoms in total. The first kappa shape index (κ1) is 15.7. The maximum atomic E-state index is 12.9. The third-order valence-corrected chi connectivity index (χ3v) is 4.28. The third kappa shape index (κ3) is 2.97. The van der Waals surface area contributed by atoms with Crippen LogP contribution in [0.4, 0.5) is 24.7 Å². The summed E-state index contributed by atoms with van der Waals surface area (Å²) in [6, 6.07) is 7.71. The molecule has 0 atom stereocenters. The Balaban J connectivity index is 1.51. The van der Waals surface area contributed by atoms with Crippen molar-refractivity contribution in [2.45, 2.75) is 6.18 Å². The number of anilines is 2. The number of halogens is 3. The van der Waals surface area contributed by atoms with E-state index in [-0.39, 0.29) is 0 Å². The fourth-order valence-corrected chi connectivity index (χ4v) is 2.99. The van der Waals surface area contributed by atoms with Gasteiger partial charge in [-0.3, -0.25) is 0 Å². The van der Waals surface area contributed by atoms with E-state index in [1.165, 1.54) is 6.20 Å². The van der Waals surface area contributed by atoms with Gasteiger partial charge in [-0.15, -0.1) is 0 Å². The Bertz CT molecular complexity index is 887. The second-order valence-corrected chi connectivity index (χ2v) is 5.78. The number of aromatic nitrogens is 3. The lowest BCUT2D eigenvalue weighted by Crippen LogP contribution is -2.47. The molecule has 0 unspecified atom stereocenters. The van der Waals surface area contributed by atoms with Crippen LogP contribution in [0.3, 0.4) is 0 Å². The zero-order valence-electron chi connectivity index (χ0n) is 13.1. The first-order valence-electron chi connectivity index (χ1n) is 7.77. The van der Waals surface area contributed by atoms with Gasteiger partial charge in [0.1, 0.15) is 11.3 Å². The maximum Gasteiger partial charge on any atom is 0.416 e. The number of pyridine rings is 1. The zero-order valence-corrected chi connectivity index (χ0v) is 13.1. The van der Waals surface area contributed by atoms with Crippen molar-refractivity contribution in [2.75, 3.05) is 36.0 Å². The average molecular weight is 349 g/mol. The number of nitrogens with zero attached hydrogens (tertiary/aromatic N) is 5. The fourth-order valence-electron chi connectivity index (χ4n) is 2.99. The van der Waals surface area contributed by atoms with Crippen LogP contribution in [0.15, 0.2) is 41.2 Å². The van der Waals surface area contributed by atoms with Crippen LogP contribution in [-0.4, -0.2) is 41.5 Å². The number of fused-ring (bicyclic) bond motifs is 1. The summed E-state index contributed by atoms with van der Waals surface area (Å²) in [6.45, 7) is 2.42. The summed E-state index contributed by atoms with van der Waals surface area (Å²) in [5.74, 6) is 0.343. The molecule has 3 heterocycles. The van der Waals surface area contributed by atoms with Crippen molar-refractivity contribution in [3.05, 3.63) is 42.1 Å². The smallest absolute Gasteiger partial charge is 0.366 e. The van der Waals surface area contributed by atoms with Gasteiger partial charge in [0.05, 0.1) is 11.3 Å². The van der Waals surface area contributed by atoms with Crippen molar-refractivity contribution >= 4 is 22.5 Å². The second-order valence-electron chi connectivity index (χ2n) is 5.78. The van der Waals surface area contributed by atoms with Crippen LogP contribution < -0.4 is 9.80 Å². The minimum atomic E-state index is -4.37. The van der Waals surface area contributed by atoms with Crippen LogP contribution in [-0.2, 0) is 6.18 Å².